The van der Waals surface area contributed by atoms with Crippen LogP contribution in [0.2, 0.25) is 0 Å². The first-order valence-electron chi connectivity index (χ1n) is 10.2. The van der Waals surface area contributed by atoms with Crippen LogP contribution in [0.25, 0.3) is 11.1 Å². The first-order valence-corrected chi connectivity index (χ1v) is 10.2. The molecule has 1 saturated heterocycles. The summed E-state index contributed by atoms with van der Waals surface area (Å²) in [4.78, 5) is 35.4. The molecule has 1 aromatic heterocycles. The highest BCUT2D eigenvalue weighted by Gasteiger charge is 2.29. The van der Waals surface area contributed by atoms with Gasteiger partial charge in [-0.15, -0.1) is 0 Å². The zero-order chi connectivity index (χ0) is 21.8. The lowest BCUT2D eigenvalue weighted by Gasteiger charge is -2.31. The molecule has 0 unspecified atom stereocenters. The Kier molecular flexibility index (Phi) is 6.02. The normalized spacial score (nSPS) is 16.1. The number of aromatic nitrogens is 2. The Hall–Kier alpha value is -3.61. The maximum absolute atomic E-state index is 13.4. The van der Waals surface area contributed by atoms with Crippen LogP contribution >= 0.6 is 0 Å². The second-order valence-corrected chi connectivity index (χ2v) is 7.71. The van der Waals surface area contributed by atoms with Crippen LogP contribution in [0, 0.1) is 18.7 Å². The van der Waals surface area contributed by atoms with Crippen molar-refractivity contribution in [1.82, 2.24) is 14.9 Å². The summed E-state index contributed by atoms with van der Waals surface area (Å²) in [7, 11) is 0. The molecule has 1 aliphatic rings. The van der Waals surface area contributed by atoms with Crippen molar-refractivity contribution in [3.05, 3.63) is 78.1 Å². The fraction of sp³-hybridized carbons (Fsp3) is 0.250. The fourth-order valence-corrected chi connectivity index (χ4v) is 3.70. The number of piperidine rings is 1. The Morgan fingerprint density at radius 1 is 1.06 bits per heavy atom. The highest BCUT2D eigenvalue weighted by atomic mass is 19.1. The van der Waals surface area contributed by atoms with Gasteiger partial charge >= 0.3 is 0 Å². The minimum absolute atomic E-state index is 0.119. The molecule has 1 atom stereocenters. The number of carbonyl (C=O) groups is 2. The van der Waals surface area contributed by atoms with Crippen LogP contribution in [0.4, 0.5) is 10.1 Å². The summed E-state index contributed by atoms with van der Waals surface area (Å²) < 4.78 is 13.4. The Morgan fingerprint density at radius 3 is 2.58 bits per heavy atom. The van der Waals surface area contributed by atoms with Gasteiger partial charge in [-0.05, 0) is 55.2 Å². The van der Waals surface area contributed by atoms with E-state index in [-0.39, 0.29) is 23.5 Å². The minimum Gasteiger partial charge on any atom is -0.336 e. The van der Waals surface area contributed by atoms with Gasteiger partial charge in [0.2, 0.25) is 5.91 Å². The Labute approximate surface area is 180 Å². The van der Waals surface area contributed by atoms with Crippen molar-refractivity contribution in [2.45, 2.75) is 19.8 Å². The standard InChI is InChI=1S/C24H23FN4O2/c1-16-13-27-22(14-26-16)24(31)29-11-3-5-19(15-29)23(30)28-21-9-7-17(8-10-21)18-4-2-6-20(25)12-18/h2,4,6-10,12-14,19H,3,5,11,15H2,1H3,(H,28,30)/t19-/m0/s1. The van der Waals surface area contributed by atoms with Crippen molar-refractivity contribution in [2.75, 3.05) is 18.4 Å². The van der Waals surface area contributed by atoms with Gasteiger partial charge in [-0.3, -0.25) is 14.6 Å². The summed E-state index contributed by atoms with van der Waals surface area (Å²) in [6.45, 7) is 2.76. The van der Waals surface area contributed by atoms with Crippen LogP contribution in [0.5, 0.6) is 0 Å². The number of nitrogens with one attached hydrogen (secondary N) is 1. The minimum atomic E-state index is -0.293. The summed E-state index contributed by atoms with van der Waals surface area (Å²) in [6.07, 6.45) is 4.51. The van der Waals surface area contributed by atoms with E-state index >= 15 is 0 Å². The number of likely N-dealkylation sites (tertiary alicyclic amines) is 1. The van der Waals surface area contributed by atoms with Gasteiger partial charge in [0.05, 0.1) is 17.8 Å². The van der Waals surface area contributed by atoms with Gasteiger partial charge in [0, 0.05) is 25.0 Å². The lowest BCUT2D eigenvalue weighted by atomic mass is 9.96. The third-order valence-electron chi connectivity index (χ3n) is 5.39. The number of carbonyl (C=O) groups excluding carboxylic acids is 2. The number of aryl methyl sites for hydroxylation is 1. The van der Waals surface area contributed by atoms with Crippen molar-refractivity contribution in [3.63, 3.8) is 0 Å². The van der Waals surface area contributed by atoms with Crippen LogP contribution in [0.3, 0.4) is 0 Å². The highest BCUT2D eigenvalue weighted by Crippen LogP contribution is 2.24. The molecule has 2 aromatic carbocycles. The zero-order valence-electron chi connectivity index (χ0n) is 17.2. The van der Waals surface area contributed by atoms with E-state index < -0.39 is 0 Å². The summed E-state index contributed by atoms with van der Waals surface area (Å²) in [6, 6.07) is 13.7. The van der Waals surface area contributed by atoms with Crippen molar-refractivity contribution in [1.29, 1.82) is 0 Å². The van der Waals surface area contributed by atoms with Gasteiger partial charge in [0.25, 0.3) is 5.91 Å². The van der Waals surface area contributed by atoms with Crippen LogP contribution in [0.15, 0.2) is 60.9 Å². The largest absolute Gasteiger partial charge is 0.336 e. The smallest absolute Gasteiger partial charge is 0.274 e. The van der Waals surface area contributed by atoms with Gasteiger partial charge in [0.15, 0.2) is 0 Å². The van der Waals surface area contributed by atoms with E-state index in [0.717, 1.165) is 29.7 Å². The number of hydrogen-bond acceptors (Lipinski definition) is 4. The molecule has 2 heterocycles. The van der Waals surface area contributed by atoms with Gasteiger partial charge in [-0.25, -0.2) is 9.37 Å². The Morgan fingerprint density at radius 2 is 1.87 bits per heavy atom. The van der Waals surface area contributed by atoms with E-state index in [1.165, 1.54) is 18.3 Å². The first kappa shape index (κ1) is 20.7. The molecule has 0 bridgehead atoms. The maximum atomic E-state index is 13.4. The third kappa shape index (κ3) is 4.94. The molecular weight excluding hydrogens is 395 g/mol. The average Bonchev–Trinajstić information content (AvgIpc) is 2.80. The summed E-state index contributed by atoms with van der Waals surface area (Å²) in [5, 5.41) is 2.93. The van der Waals surface area contributed by atoms with Crippen molar-refractivity contribution >= 4 is 17.5 Å². The van der Waals surface area contributed by atoms with E-state index in [1.807, 2.05) is 25.1 Å². The molecule has 1 fully saturated rings. The van der Waals surface area contributed by atoms with Crippen LogP contribution < -0.4 is 5.32 Å². The number of benzene rings is 2. The number of halogens is 1. The molecule has 0 spiro atoms. The highest BCUT2D eigenvalue weighted by molar-refractivity contribution is 5.95. The number of rotatable bonds is 4. The number of hydrogen-bond donors (Lipinski definition) is 1. The zero-order valence-corrected chi connectivity index (χ0v) is 17.2. The third-order valence-corrected chi connectivity index (χ3v) is 5.39. The molecular formula is C24H23FN4O2. The SMILES string of the molecule is Cc1cnc(C(=O)N2CCC[C@H](C(=O)Nc3ccc(-c4cccc(F)c4)cc3)C2)cn1. The molecule has 31 heavy (non-hydrogen) atoms. The van der Waals surface area contributed by atoms with E-state index in [1.54, 1.807) is 29.3 Å². The second-order valence-electron chi connectivity index (χ2n) is 7.71. The predicted molar refractivity (Wildman–Crippen MR) is 116 cm³/mol. The van der Waals surface area contributed by atoms with E-state index in [4.69, 9.17) is 0 Å². The molecule has 158 valence electrons. The predicted octanol–water partition coefficient (Wildman–Crippen LogP) is 4.08. The first-order chi connectivity index (χ1) is 15.0. The summed E-state index contributed by atoms with van der Waals surface area (Å²) in [5.74, 6) is -0.905. The quantitative estimate of drug-likeness (QED) is 0.693. The number of nitrogens with zero attached hydrogens (tertiary/aromatic N) is 3. The molecule has 1 aliphatic heterocycles. The molecule has 1 N–H and O–H groups in total. The lowest BCUT2D eigenvalue weighted by Crippen LogP contribution is -2.44. The maximum Gasteiger partial charge on any atom is 0.274 e. The van der Waals surface area contributed by atoms with Gasteiger partial charge in [0.1, 0.15) is 11.5 Å². The summed E-state index contributed by atoms with van der Waals surface area (Å²) >= 11 is 0. The Bertz CT molecular complexity index is 1080. The van der Waals surface area contributed by atoms with Crippen molar-refractivity contribution < 1.29 is 14.0 Å². The molecule has 0 saturated carbocycles. The van der Waals surface area contributed by atoms with Crippen LogP contribution in [-0.4, -0.2) is 39.8 Å². The fourth-order valence-electron chi connectivity index (χ4n) is 3.70. The van der Waals surface area contributed by atoms with E-state index in [9.17, 15) is 14.0 Å². The molecule has 0 radical (unpaired) electrons. The van der Waals surface area contributed by atoms with E-state index in [0.29, 0.717) is 24.5 Å². The number of anilines is 1. The molecule has 0 aliphatic carbocycles. The lowest BCUT2D eigenvalue weighted by molar-refractivity contribution is -0.121. The molecule has 3 aromatic rings. The Balaban J connectivity index is 1.39. The van der Waals surface area contributed by atoms with Gasteiger partial charge in [-0.2, -0.15) is 0 Å². The monoisotopic (exact) mass is 418 g/mol. The molecule has 2 amide bonds. The average molecular weight is 418 g/mol. The topological polar surface area (TPSA) is 75.2 Å². The second kappa shape index (κ2) is 9.04. The summed E-state index contributed by atoms with van der Waals surface area (Å²) in [5.41, 5.74) is 3.35. The molecule has 7 heteroatoms. The van der Waals surface area contributed by atoms with Gasteiger partial charge < -0.3 is 10.2 Å². The molecule has 6 nitrogen and oxygen atoms in total. The van der Waals surface area contributed by atoms with Crippen LogP contribution in [-0.2, 0) is 4.79 Å². The van der Waals surface area contributed by atoms with Crippen molar-refractivity contribution in [2.24, 2.45) is 5.92 Å². The van der Waals surface area contributed by atoms with E-state index in [2.05, 4.69) is 15.3 Å². The molecule has 4 rings (SSSR count). The number of amides is 2. The van der Waals surface area contributed by atoms with Crippen molar-refractivity contribution in [3.8, 4) is 11.1 Å². The van der Waals surface area contributed by atoms with Crippen LogP contribution in [0.1, 0.15) is 29.0 Å². The van der Waals surface area contributed by atoms with Gasteiger partial charge in [-0.1, -0.05) is 24.3 Å².